The second-order valence-electron chi connectivity index (χ2n) is 6.48. The number of hydrogen-bond acceptors (Lipinski definition) is 6. The molecule has 0 radical (unpaired) electrons. The van der Waals surface area contributed by atoms with Crippen LogP contribution in [0.3, 0.4) is 0 Å². The third-order valence-corrected chi connectivity index (χ3v) is 5.60. The van der Waals surface area contributed by atoms with Crippen molar-refractivity contribution in [3.8, 4) is 17.2 Å². The summed E-state index contributed by atoms with van der Waals surface area (Å²) in [4.78, 5) is 14.8. The van der Waals surface area contributed by atoms with E-state index in [1.165, 1.54) is 5.56 Å². The number of methoxy groups -OCH3 is 3. The molecule has 27 heavy (non-hydrogen) atoms. The summed E-state index contributed by atoms with van der Waals surface area (Å²) in [5, 5.41) is 7.27. The molecular weight excluding hydrogens is 364 g/mol. The molecule has 146 valence electrons. The predicted molar refractivity (Wildman–Crippen MR) is 106 cm³/mol. The highest BCUT2D eigenvalue weighted by Gasteiger charge is 2.27. The van der Waals surface area contributed by atoms with E-state index in [9.17, 15) is 4.79 Å². The highest BCUT2D eigenvalue weighted by atomic mass is 32.1. The zero-order valence-electron chi connectivity index (χ0n) is 16.0. The van der Waals surface area contributed by atoms with Crippen LogP contribution in [-0.2, 0) is 11.3 Å². The summed E-state index contributed by atoms with van der Waals surface area (Å²) in [5.41, 5.74) is 2.16. The summed E-state index contributed by atoms with van der Waals surface area (Å²) in [6.07, 6.45) is 2.23. The first-order valence-corrected chi connectivity index (χ1v) is 9.92. The Morgan fingerprint density at radius 3 is 2.59 bits per heavy atom. The largest absolute Gasteiger partial charge is 0.496 e. The van der Waals surface area contributed by atoms with E-state index < -0.39 is 0 Å². The fraction of sp³-hybridized carbons (Fsp3) is 0.450. The Balaban J connectivity index is 1.62. The molecule has 1 aliphatic rings. The predicted octanol–water partition coefficient (Wildman–Crippen LogP) is 3.23. The lowest BCUT2D eigenvalue weighted by molar-refractivity contribution is -0.122. The highest BCUT2D eigenvalue weighted by Crippen LogP contribution is 2.35. The Morgan fingerprint density at radius 2 is 1.93 bits per heavy atom. The van der Waals surface area contributed by atoms with Crippen molar-refractivity contribution in [2.75, 3.05) is 34.4 Å². The van der Waals surface area contributed by atoms with Gasteiger partial charge in [-0.05, 0) is 47.8 Å². The van der Waals surface area contributed by atoms with Crippen molar-refractivity contribution in [2.45, 2.75) is 25.4 Å². The van der Waals surface area contributed by atoms with Gasteiger partial charge < -0.3 is 19.5 Å². The molecule has 1 aromatic carbocycles. The Labute approximate surface area is 164 Å². The van der Waals surface area contributed by atoms with Crippen LogP contribution in [0.1, 0.15) is 30.0 Å². The van der Waals surface area contributed by atoms with E-state index in [1.807, 2.05) is 6.07 Å². The van der Waals surface area contributed by atoms with Gasteiger partial charge in [0.1, 0.15) is 5.75 Å². The Morgan fingerprint density at radius 1 is 1.19 bits per heavy atom. The van der Waals surface area contributed by atoms with E-state index >= 15 is 0 Å². The number of thiophene rings is 1. The minimum absolute atomic E-state index is 0.00830. The monoisotopic (exact) mass is 390 g/mol. The number of carbonyl (C=O) groups is 1. The lowest BCUT2D eigenvalue weighted by Gasteiger charge is -2.23. The molecular formula is C20H26N2O4S. The van der Waals surface area contributed by atoms with Crippen molar-refractivity contribution < 1.29 is 19.0 Å². The van der Waals surface area contributed by atoms with Crippen molar-refractivity contribution in [1.29, 1.82) is 0 Å². The van der Waals surface area contributed by atoms with Crippen molar-refractivity contribution in [2.24, 2.45) is 0 Å². The molecule has 1 unspecified atom stereocenters. The third kappa shape index (κ3) is 4.54. The van der Waals surface area contributed by atoms with E-state index in [-0.39, 0.29) is 5.91 Å². The SMILES string of the molecule is COc1cc(OC)c(OC)cc1CNC(=O)CN1CCCC1c1ccsc1. The van der Waals surface area contributed by atoms with Gasteiger partial charge in [-0.2, -0.15) is 11.3 Å². The molecule has 3 rings (SSSR count). The molecule has 1 atom stereocenters. The fourth-order valence-corrected chi connectivity index (χ4v) is 4.23. The van der Waals surface area contributed by atoms with E-state index in [1.54, 1.807) is 38.7 Å². The first-order chi connectivity index (χ1) is 13.2. The van der Waals surface area contributed by atoms with Crippen LogP contribution in [0.15, 0.2) is 29.0 Å². The summed E-state index contributed by atoms with van der Waals surface area (Å²) >= 11 is 1.70. The maximum absolute atomic E-state index is 12.5. The zero-order valence-corrected chi connectivity index (χ0v) is 16.8. The van der Waals surface area contributed by atoms with Gasteiger partial charge in [0.15, 0.2) is 11.5 Å². The Hall–Kier alpha value is -2.25. The van der Waals surface area contributed by atoms with Gasteiger partial charge >= 0.3 is 0 Å². The number of hydrogen-bond donors (Lipinski definition) is 1. The van der Waals surface area contributed by atoms with Crippen LogP contribution in [0, 0.1) is 0 Å². The smallest absolute Gasteiger partial charge is 0.234 e. The summed E-state index contributed by atoms with van der Waals surface area (Å²) in [7, 11) is 4.77. The summed E-state index contributed by atoms with van der Waals surface area (Å²) in [6.45, 7) is 1.73. The van der Waals surface area contributed by atoms with Crippen LogP contribution < -0.4 is 19.5 Å². The van der Waals surface area contributed by atoms with Gasteiger partial charge in [0.05, 0.1) is 27.9 Å². The standard InChI is InChI=1S/C20H26N2O4S/c1-24-17-10-19(26-3)18(25-2)9-15(17)11-21-20(23)12-22-7-4-5-16(22)14-6-8-27-13-14/h6,8-10,13,16H,4-5,7,11-12H2,1-3H3,(H,21,23). The maximum Gasteiger partial charge on any atom is 0.234 e. The van der Waals surface area contributed by atoms with E-state index in [0.29, 0.717) is 36.4 Å². The molecule has 1 fully saturated rings. The topological polar surface area (TPSA) is 60.0 Å². The molecule has 0 saturated carbocycles. The van der Waals surface area contributed by atoms with E-state index in [4.69, 9.17) is 14.2 Å². The lowest BCUT2D eigenvalue weighted by Crippen LogP contribution is -2.36. The second-order valence-corrected chi connectivity index (χ2v) is 7.26. The van der Waals surface area contributed by atoms with E-state index in [2.05, 4.69) is 27.0 Å². The molecule has 0 aliphatic carbocycles. The number of likely N-dealkylation sites (tertiary alicyclic amines) is 1. The Bertz CT molecular complexity index is 764. The number of amides is 1. The number of carbonyl (C=O) groups excluding carboxylic acids is 1. The lowest BCUT2D eigenvalue weighted by atomic mass is 10.1. The molecule has 7 heteroatoms. The minimum Gasteiger partial charge on any atom is -0.496 e. The van der Waals surface area contributed by atoms with Crippen LogP contribution in [-0.4, -0.2) is 45.2 Å². The van der Waals surface area contributed by atoms with Gasteiger partial charge in [0.25, 0.3) is 0 Å². The first-order valence-electron chi connectivity index (χ1n) is 8.98. The van der Waals surface area contributed by atoms with Crippen LogP contribution in [0.4, 0.5) is 0 Å². The molecule has 6 nitrogen and oxygen atoms in total. The average Bonchev–Trinajstić information content (AvgIpc) is 3.37. The van der Waals surface area contributed by atoms with Gasteiger partial charge in [-0.25, -0.2) is 0 Å². The van der Waals surface area contributed by atoms with Crippen molar-refractivity contribution >= 4 is 17.2 Å². The molecule has 2 heterocycles. The number of nitrogens with one attached hydrogen (secondary N) is 1. The molecule has 1 aromatic heterocycles. The van der Waals surface area contributed by atoms with Gasteiger partial charge in [-0.3, -0.25) is 9.69 Å². The molecule has 1 N–H and O–H groups in total. The van der Waals surface area contributed by atoms with Gasteiger partial charge in [0, 0.05) is 24.2 Å². The van der Waals surface area contributed by atoms with Crippen molar-refractivity contribution in [3.05, 3.63) is 40.1 Å². The Kier molecular flexibility index (Phi) is 6.58. The fourth-order valence-electron chi connectivity index (χ4n) is 3.52. The average molecular weight is 391 g/mol. The minimum atomic E-state index is 0.00830. The quantitative estimate of drug-likeness (QED) is 0.750. The molecule has 0 bridgehead atoms. The number of benzene rings is 1. The first kappa shape index (κ1) is 19.5. The highest BCUT2D eigenvalue weighted by molar-refractivity contribution is 7.07. The summed E-state index contributed by atoms with van der Waals surface area (Å²) < 4.78 is 16.1. The normalized spacial score (nSPS) is 16.9. The van der Waals surface area contributed by atoms with E-state index in [0.717, 1.165) is 24.9 Å². The van der Waals surface area contributed by atoms with Crippen molar-refractivity contribution in [3.63, 3.8) is 0 Å². The number of ether oxygens (including phenoxy) is 3. The van der Waals surface area contributed by atoms with Crippen LogP contribution in [0.2, 0.25) is 0 Å². The zero-order chi connectivity index (χ0) is 19.2. The third-order valence-electron chi connectivity index (χ3n) is 4.90. The van der Waals surface area contributed by atoms with Crippen LogP contribution >= 0.6 is 11.3 Å². The number of rotatable bonds is 8. The van der Waals surface area contributed by atoms with Gasteiger partial charge in [0.2, 0.25) is 5.91 Å². The maximum atomic E-state index is 12.5. The molecule has 1 aliphatic heterocycles. The molecule has 0 spiro atoms. The van der Waals surface area contributed by atoms with Gasteiger partial charge in [-0.15, -0.1) is 0 Å². The second kappa shape index (κ2) is 9.10. The molecule has 1 saturated heterocycles. The summed E-state index contributed by atoms with van der Waals surface area (Å²) in [6, 6.07) is 6.10. The molecule has 2 aromatic rings. The number of nitrogens with zero attached hydrogens (tertiary/aromatic N) is 1. The van der Waals surface area contributed by atoms with Crippen molar-refractivity contribution in [1.82, 2.24) is 10.2 Å². The van der Waals surface area contributed by atoms with Gasteiger partial charge in [-0.1, -0.05) is 0 Å². The molecule has 1 amide bonds. The van der Waals surface area contributed by atoms with Crippen LogP contribution in [0.25, 0.3) is 0 Å². The summed E-state index contributed by atoms with van der Waals surface area (Å²) in [5.74, 6) is 1.87. The van der Waals surface area contributed by atoms with Crippen LogP contribution in [0.5, 0.6) is 17.2 Å².